The van der Waals surface area contributed by atoms with Crippen LogP contribution in [0.25, 0.3) is 54.2 Å². The molecular weight excluding hydrogens is 829 g/mol. The van der Waals surface area contributed by atoms with E-state index in [-0.39, 0.29) is 55.1 Å². The highest BCUT2D eigenvalue weighted by atomic mass is 32.1. The van der Waals surface area contributed by atoms with Crippen LogP contribution in [0, 0.1) is 11.8 Å². The fourth-order valence-corrected chi connectivity index (χ4v) is 15.3. The Morgan fingerprint density at radius 1 is 0.438 bits per heavy atom. The lowest BCUT2D eigenvalue weighted by molar-refractivity contribution is 0.347. The summed E-state index contributed by atoms with van der Waals surface area (Å²) in [5.74, 6) is 0.385. The van der Waals surface area contributed by atoms with E-state index in [1.807, 2.05) is 72.8 Å². The molecule has 0 aliphatic heterocycles. The van der Waals surface area contributed by atoms with Gasteiger partial charge >= 0.3 is 0 Å². The Bertz CT molecular complexity index is 3520. The predicted octanol–water partition coefficient (Wildman–Crippen LogP) is 11.1. The number of fused-ring (bicyclic) bond motifs is 15. The molecule has 2 heterocycles. The molecule has 2 atom stereocenters. The zero-order valence-corrected chi connectivity index (χ0v) is 36.6. The van der Waals surface area contributed by atoms with Crippen molar-refractivity contribution < 1.29 is 0 Å². The van der Waals surface area contributed by atoms with E-state index in [1.165, 1.54) is 56.0 Å². The summed E-state index contributed by atoms with van der Waals surface area (Å²) < 4.78 is 0. The molecule has 6 aliphatic rings. The third-order valence-corrected chi connectivity index (χ3v) is 18.0. The van der Waals surface area contributed by atoms with Crippen molar-refractivity contribution in [1.82, 2.24) is 0 Å². The van der Waals surface area contributed by atoms with Crippen LogP contribution in [-0.4, -0.2) is 0 Å². The van der Waals surface area contributed by atoms with Gasteiger partial charge in [0.25, 0.3) is 0 Å². The van der Waals surface area contributed by atoms with Gasteiger partial charge < -0.3 is 0 Å². The molecular formula is C56H40N2O4S2. The molecule has 6 nitrogen and oxygen atoms in total. The Hall–Kier alpha value is -6.22. The van der Waals surface area contributed by atoms with Gasteiger partial charge in [-0.15, -0.1) is 22.7 Å². The van der Waals surface area contributed by atoms with Crippen LogP contribution in [0.15, 0.2) is 150 Å². The summed E-state index contributed by atoms with van der Waals surface area (Å²) in [7, 11) is 0. The van der Waals surface area contributed by atoms with E-state index in [9.17, 15) is 19.2 Å². The fourth-order valence-electron chi connectivity index (χ4n) is 12.9. The van der Waals surface area contributed by atoms with E-state index in [0.717, 1.165) is 82.9 Å². The SMILES string of the molecule is O=c1c(=Nc2cc3c(s2)C2=CC4C=C5C(=CC4C=C2C32CCCCC2)c2sc(N=c3c(=O)c4cc6ccccc6cc4c3=O)cc2C52CCCCC2)c(=O)c2cc3ccccc3cc12. The van der Waals surface area contributed by atoms with E-state index in [1.54, 1.807) is 22.7 Å². The molecule has 2 fully saturated rings. The van der Waals surface area contributed by atoms with Gasteiger partial charge in [-0.05, 0) is 117 Å². The Morgan fingerprint density at radius 2 is 0.781 bits per heavy atom. The highest BCUT2D eigenvalue weighted by molar-refractivity contribution is 7.17. The molecule has 0 N–H and O–H groups in total. The summed E-state index contributed by atoms with van der Waals surface area (Å²) in [4.78, 5) is 67.4. The van der Waals surface area contributed by atoms with E-state index in [2.05, 4.69) is 36.4 Å². The summed E-state index contributed by atoms with van der Waals surface area (Å²) in [6.45, 7) is 0. The molecule has 2 aromatic heterocycles. The van der Waals surface area contributed by atoms with E-state index < -0.39 is 0 Å². The summed E-state index contributed by atoms with van der Waals surface area (Å²) >= 11 is 3.27. The van der Waals surface area contributed by atoms with Crippen LogP contribution < -0.4 is 32.4 Å². The first-order valence-corrected chi connectivity index (χ1v) is 24.5. The first-order chi connectivity index (χ1) is 31.3. The van der Waals surface area contributed by atoms with Crippen LogP contribution in [0.3, 0.4) is 0 Å². The Morgan fingerprint density at radius 3 is 1.12 bits per heavy atom. The van der Waals surface area contributed by atoms with Crippen LogP contribution in [0.4, 0.5) is 10.0 Å². The van der Waals surface area contributed by atoms with Gasteiger partial charge in [-0.1, -0.05) is 111 Å². The first-order valence-electron chi connectivity index (χ1n) is 22.9. The lowest BCUT2D eigenvalue weighted by Crippen LogP contribution is -2.32. The monoisotopic (exact) mass is 868 g/mol. The number of thiophene rings is 2. The zero-order chi connectivity index (χ0) is 42.6. The Balaban J connectivity index is 0.884. The van der Waals surface area contributed by atoms with E-state index in [0.29, 0.717) is 21.5 Å². The molecule has 8 heteroatoms. The highest BCUT2D eigenvalue weighted by Gasteiger charge is 2.52. The minimum atomic E-state index is -0.287. The Labute approximate surface area is 374 Å². The molecule has 2 saturated carbocycles. The largest absolute Gasteiger partial charge is 0.287 e. The van der Waals surface area contributed by atoms with Gasteiger partial charge in [-0.2, -0.15) is 0 Å². The molecule has 6 aliphatic carbocycles. The highest BCUT2D eigenvalue weighted by Crippen LogP contribution is 2.65. The molecule has 2 spiro atoms. The van der Waals surface area contributed by atoms with Crippen molar-refractivity contribution in [2.45, 2.75) is 75.0 Å². The lowest BCUT2D eigenvalue weighted by atomic mass is 9.63. The number of hydrogen-bond acceptors (Lipinski definition) is 8. The molecule has 2 unspecified atom stereocenters. The topological polar surface area (TPSA) is 93.0 Å². The summed E-state index contributed by atoms with van der Waals surface area (Å²) in [6.07, 6.45) is 21.5. The van der Waals surface area contributed by atoms with Crippen LogP contribution in [0.5, 0.6) is 0 Å². The van der Waals surface area contributed by atoms with Crippen LogP contribution in [0.2, 0.25) is 0 Å². The molecule has 14 rings (SSSR count). The van der Waals surface area contributed by atoms with Crippen LogP contribution >= 0.6 is 22.7 Å². The zero-order valence-electron chi connectivity index (χ0n) is 35.0. The molecule has 0 amide bonds. The average Bonchev–Trinajstić information content (AvgIpc) is 4.14. The number of rotatable bonds is 2. The normalized spacial score (nSPS) is 21.4. The molecule has 0 saturated heterocycles. The second-order valence-electron chi connectivity index (χ2n) is 19.1. The molecule has 0 radical (unpaired) electrons. The number of benzene rings is 4. The second-order valence-corrected chi connectivity index (χ2v) is 21.2. The third kappa shape index (κ3) is 4.96. The van der Waals surface area contributed by atoms with Crippen molar-refractivity contribution >= 4 is 86.9 Å². The van der Waals surface area contributed by atoms with Crippen molar-refractivity contribution in [2.24, 2.45) is 21.8 Å². The standard InChI is InChI=1S/C56H40N2O4S2/c59-49-35-19-29-11-3-4-12-30(29)20-36(35)50(60)47(49)57-45-27-43-53(63-45)39-23-34-26-42-40(24-33(34)25-41(39)55(43)15-7-1-8-16-55)54-44(56(42)17-9-2-10-18-56)28-46(64-54)58-48-51(61)37-21-31-13-5-6-14-32(31)22-38(37)52(48)62/h3-6,11-14,19-28,33-34H,1-2,7-10,15-18H2. The van der Waals surface area contributed by atoms with Gasteiger partial charge in [0.05, 0.1) is 0 Å². The average molecular weight is 869 g/mol. The maximum Gasteiger partial charge on any atom is 0.216 e. The first kappa shape index (κ1) is 37.2. The van der Waals surface area contributed by atoms with Gasteiger partial charge in [0.2, 0.25) is 21.7 Å². The summed E-state index contributed by atoms with van der Waals surface area (Å²) in [5, 5.41) is 7.05. The summed E-state index contributed by atoms with van der Waals surface area (Å²) in [6, 6.07) is 27.4. The fraction of sp³-hybridized carbons (Fsp3) is 0.250. The van der Waals surface area contributed by atoms with Crippen LogP contribution in [0.1, 0.15) is 85.1 Å². The van der Waals surface area contributed by atoms with Crippen LogP contribution in [-0.2, 0) is 10.8 Å². The minimum absolute atomic E-state index is 0.0207. The van der Waals surface area contributed by atoms with Crippen molar-refractivity contribution in [1.29, 1.82) is 0 Å². The summed E-state index contributed by atoms with van der Waals surface area (Å²) in [5.41, 5.74) is 6.73. The van der Waals surface area contributed by atoms with E-state index in [4.69, 9.17) is 9.98 Å². The molecule has 64 heavy (non-hydrogen) atoms. The molecule has 310 valence electrons. The van der Waals surface area contributed by atoms with Gasteiger partial charge in [0.1, 0.15) is 10.0 Å². The minimum Gasteiger partial charge on any atom is -0.287 e. The molecule has 6 aromatic carbocycles. The lowest BCUT2D eigenvalue weighted by Gasteiger charge is -2.40. The van der Waals surface area contributed by atoms with Crippen molar-refractivity contribution in [3.8, 4) is 0 Å². The van der Waals surface area contributed by atoms with Gasteiger partial charge in [0.15, 0.2) is 10.7 Å². The van der Waals surface area contributed by atoms with Gasteiger partial charge in [0, 0.05) is 54.0 Å². The second kappa shape index (κ2) is 13.2. The smallest absolute Gasteiger partial charge is 0.216 e. The van der Waals surface area contributed by atoms with Gasteiger partial charge in [-0.25, -0.2) is 9.98 Å². The van der Waals surface area contributed by atoms with Crippen molar-refractivity contribution in [3.05, 3.63) is 193 Å². The van der Waals surface area contributed by atoms with E-state index >= 15 is 0 Å². The molecule has 0 bridgehead atoms. The quantitative estimate of drug-likeness (QED) is 0.173. The third-order valence-electron chi connectivity index (χ3n) is 15.9. The number of hydrogen-bond donors (Lipinski definition) is 0. The Kier molecular flexibility index (Phi) is 7.66. The molecule has 8 aromatic rings. The predicted molar refractivity (Wildman–Crippen MR) is 260 cm³/mol. The number of allylic oxidation sites excluding steroid dienone is 8. The number of nitrogens with zero attached hydrogens (tertiary/aromatic N) is 2. The maximum absolute atomic E-state index is 13.8. The van der Waals surface area contributed by atoms with Crippen molar-refractivity contribution in [2.75, 3.05) is 0 Å². The van der Waals surface area contributed by atoms with Crippen molar-refractivity contribution in [3.63, 3.8) is 0 Å². The maximum atomic E-state index is 13.8. The van der Waals surface area contributed by atoms with Gasteiger partial charge in [-0.3, -0.25) is 19.2 Å².